The van der Waals surface area contributed by atoms with Gasteiger partial charge in [0.2, 0.25) is 0 Å². The van der Waals surface area contributed by atoms with Gasteiger partial charge >= 0.3 is 5.97 Å². The van der Waals surface area contributed by atoms with E-state index in [0.717, 1.165) is 32.1 Å². The van der Waals surface area contributed by atoms with Crippen LogP contribution in [0.15, 0.2) is 0 Å². The van der Waals surface area contributed by atoms with Gasteiger partial charge in [0, 0.05) is 29.6 Å². The average molecular weight is 336 g/mol. The Bertz CT molecular complexity index is 250. The summed E-state index contributed by atoms with van der Waals surface area (Å²) in [5, 5.41) is 9.71. The molecule has 3 heteroatoms. The average Bonchev–Trinajstić information content (AvgIpc) is 2.51. The maximum absolute atomic E-state index is 11.8. The number of carbonyl (C=O) groups is 1. The summed E-state index contributed by atoms with van der Waals surface area (Å²) in [7, 11) is 0. The molecule has 23 heavy (non-hydrogen) atoms. The van der Waals surface area contributed by atoms with Gasteiger partial charge in [0.15, 0.2) is 0 Å². The predicted octanol–water partition coefficient (Wildman–Crippen LogP) is 6.59. The summed E-state index contributed by atoms with van der Waals surface area (Å²) in [6.07, 6.45) is 17.4. The fraction of sp³-hybridized carbons (Fsp3) is 0.950. The van der Waals surface area contributed by atoms with E-state index in [2.05, 4.69) is 20.8 Å². The third-order valence-corrected chi connectivity index (χ3v) is 5.15. The molecule has 0 aromatic carbocycles. The van der Waals surface area contributed by atoms with Crippen LogP contribution >= 0.6 is 0 Å². The normalized spacial score (nSPS) is 11.3. The molecule has 0 aromatic rings. The van der Waals surface area contributed by atoms with Crippen LogP contribution in [0.2, 0.25) is 0 Å². The molecule has 0 aliphatic rings. The largest absolute Gasteiger partial charge is 0.481 e. The Hall–Kier alpha value is 0.470. The summed E-state index contributed by atoms with van der Waals surface area (Å²) in [5.74, 6) is -0.558. The molecule has 0 spiro atoms. The van der Waals surface area contributed by atoms with Gasteiger partial charge in [0.05, 0.1) is 5.41 Å². The first-order valence-corrected chi connectivity index (χ1v) is 9.86. The molecule has 133 valence electrons. The van der Waals surface area contributed by atoms with E-state index in [1.165, 1.54) is 64.2 Å². The van der Waals surface area contributed by atoms with E-state index < -0.39 is 11.4 Å². The van der Waals surface area contributed by atoms with Gasteiger partial charge in [-0.15, -0.1) is 0 Å². The van der Waals surface area contributed by atoms with E-state index in [1.807, 2.05) is 0 Å². The molecule has 0 fully saturated rings. The second-order valence-corrected chi connectivity index (χ2v) is 6.97. The van der Waals surface area contributed by atoms with E-state index in [4.69, 9.17) is 0 Å². The zero-order valence-corrected chi connectivity index (χ0v) is 18.5. The van der Waals surface area contributed by atoms with Gasteiger partial charge in [0.25, 0.3) is 0 Å². The summed E-state index contributed by atoms with van der Waals surface area (Å²) in [4.78, 5) is 11.8. The Labute approximate surface area is 167 Å². The van der Waals surface area contributed by atoms with Gasteiger partial charge in [0.1, 0.15) is 0 Å². The fourth-order valence-electron chi connectivity index (χ4n) is 3.33. The molecule has 2 nitrogen and oxygen atoms in total. The van der Waals surface area contributed by atoms with Crippen LogP contribution in [0.5, 0.6) is 0 Å². The Kier molecular flexibility index (Phi) is 19.3. The summed E-state index contributed by atoms with van der Waals surface area (Å²) in [6.45, 7) is 6.52. The van der Waals surface area contributed by atoms with Gasteiger partial charge in [-0.25, -0.2) is 0 Å². The number of unbranched alkanes of at least 4 members (excludes halogenated alkanes) is 10. The summed E-state index contributed by atoms with van der Waals surface area (Å²) < 4.78 is 0. The van der Waals surface area contributed by atoms with Gasteiger partial charge in [-0.1, -0.05) is 97.8 Å². The number of rotatable bonds is 16. The molecule has 0 aromatic heterocycles. The second-order valence-electron chi connectivity index (χ2n) is 6.97. The molecule has 0 heterocycles. The Balaban J connectivity index is 0. The standard InChI is InChI=1S/C20H40O2.Na/c1-4-7-9-11-13-15-17-20(6-3,19(21)22)18-16-14-12-10-8-5-2;/h4-18H2,1-3H3,(H,21,22);. The van der Waals surface area contributed by atoms with Crippen LogP contribution in [0.1, 0.15) is 117 Å². The molecular formula is C20H40NaO2. The number of carboxylic acid groups (broad SMARTS) is 1. The van der Waals surface area contributed by atoms with E-state index in [-0.39, 0.29) is 29.6 Å². The topological polar surface area (TPSA) is 37.3 Å². The molecule has 0 atom stereocenters. The minimum absolute atomic E-state index is 0. The van der Waals surface area contributed by atoms with Gasteiger partial charge in [-0.05, 0) is 19.3 Å². The van der Waals surface area contributed by atoms with E-state index in [9.17, 15) is 9.90 Å². The SMILES string of the molecule is CCCCCCCCC(CC)(CCCCCCCC)C(=O)O.[Na]. The molecule has 1 radical (unpaired) electrons. The Morgan fingerprint density at radius 2 is 1.04 bits per heavy atom. The molecule has 1 N–H and O–H groups in total. The number of carboxylic acids is 1. The van der Waals surface area contributed by atoms with Crippen molar-refractivity contribution in [3.05, 3.63) is 0 Å². The first-order valence-electron chi connectivity index (χ1n) is 9.86. The van der Waals surface area contributed by atoms with Crippen LogP contribution in [0.3, 0.4) is 0 Å². The molecular weight excluding hydrogens is 295 g/mol. The van der Waals surface area contributed by atoms with Gasteiger partial charge in [-0.3, -0.25) is 4.79 Å². The van der Waals surface area contributed by atoms with Crippen LogP contribution in [0, 0.1) is 5.41 Å². The Morgan fingerprint density at radius 3 is 1.35 bits per heavy atom. The van der Waals surface area contributed by atoms with Crippen LogP contribution in [-0.4, -0.2) is 40.6 Å². The summed E-state index contributed by atoms with van der Waals surface area (Å²) >= 11 is 0. The van der Waals surface area contributed by atoms with Crippen molar-refractivity contribution in [1.82, 2.24) is 0 Å². The van der Waals surface area contributed by atoms with Crippen molar-refractivity contribution in [2.45, 2.75) is 117 Å². The zero-order valence-electron chi connectivity index (χ0n) is 16.5. The zero-order chi connectivity index (χ0) is 16.7. The maximum atomic E-state index is 11.8. The smallest absolute Gasteiger partial charge is 0.309 e. The van der Waals surface area contributed by atoms with E-state index in [1.54, 1.807) is 0 Å². The third kappa shape index (κ3) is 12.5. The van der Waals surface area contributed by atoms with Crippen molar-refractivity contribution >= 4 is 35.5 Å². The second kappa shape index (κ2) is 17.3. The molecule has 0 saturated heterocycles. The van der Waals surface area contributed by atoms with Crippen LogP contribution < -0.4 is 0 Å². The van der Waals surface area contributed by atoms with Crippen molar-refractivity contribution < 1.29 is 9.90 Å². The van der Waals surface area contributed by atoms with Crippen molar-refractivity contribution in [2.75, 3.05) is 0 Å². The molecule has 0 aliphatic carbocycles. The number of aliphatic carboxylic acids is 1. The summed E-state index contributed by atoms with van der Waals surface area (Å²) in [5.41, 5.74) is -0.449. The maximum Gasteiger partial charge on any atom is 0.309 e. The van der Waals surface area contributed by atoms with Crippen molar-refractivity contribution in [3.8, 4) is 0 Å². The van der Waals surface area contributed by atoms with Crippen molar-refractivity contribution in [3.63, 3.8) is 0 Å². The van der Waals surface area contributed by atoms with Crippen LogP contribution in [0.4, 0.5) is 0 Å². The molecule has 0 amide bonds. The van der Waals surface area contributed by atoms with Gasteiger partial charge < -0.3 is 5.11 Å². The molecule has 0 unspecified atom stereocenters. The molecule has 0 aliphatic heterocycles. The third-order valence-electron chi connectivity index (χ3n) is 5.15. The van der Waals surface area contributed by atoms with Gasteiger partial charge in [-0.2, -0.15) is 0 Å². The minimum Gasteiger partial charge on any atom is -0.481 e. The molecule has 0 bridgehead atoms. The van der Waals surface area contributed by atoms with Crippen LogP contribution in [-0.2, 0) is 4.79 Å². The molecule has 0 saturated carbocycles. The number of hydrogen-bond acceptors (Lipinski definition) is 1. The summed E-state index contributed by atoms with van der Waals surface area (Å²) in [6, 6.07) is 0. The number of hydrogen-bond donors (Lipinski definition) is 1. The minimum atomic E-state index is -0.558. The van der Waals surface area contributed by atoms with E-state index >= 15 is 0 Å². The predicted molar refractivity (Wildman–Crippen MR) is 102 cm³/mol. The van der Waals surface area contributed by atoms with Crippen LogP contribution in [0.25, 0.3) is 0 Å². The first-order chi connectivity index (χ1) is 10.6. The quantitative estimate of drug-likeness (QED) is 0.255. The van der Waals surface area contributed by atoms with Crippen molar-refractivity contribution in [1.29, 1.82) is 0 Å². The van der Waals surface area contributed by atoms with E-state index in [0.29, 0.717) is 0 Å². The molecule has 0 rings (SSSR count). The van der Waals surface area contributed by atoms with Crippen molar-refractivity contribution in [2.24, 2.45) is 5.41 Å². The monoisotopic (exact) mass is 335 g/mol. The first kappa shape index (κ1) is 25.7. The Morgan fingerprint density at radius 1 is 0.696 bits per heavy atom. The fourth-order valence-corrected chi connectivity index (χ4v) is 3.33.